The van der Waals surface area contributed by atoms with Crippen LogP contribution in [0.5, 0.6) is 0 Å². The molecule has 2 rings (SSSR count). The Kier molecular flexibility index (Phi) is 4.92. The maximum Gasteiger partial charge on any atom is 0.316 e. The lowest BCUT2D eigenvalue weighted by Gasteiger charge is -2.07. The highest BCUT2D eigenvalue weighted by molar-refractivity contribution is 8.00. The number of methoxy groups -OCH3 is 1. The standard InChI is InChI=1S/C13H12ClN3O2S/c1-8-11(14)13(20-7-10(18)19-2)17-12(16-8)9-5-3-4-6-15-9/h3-6H,7H2,1-2H3. The molecule has 0 radical (unpaired) electrons. The van der Waals surface area contributed by atoms with Crippen LogP contribution in [-0.2, 0) is 9.53 Å². The van der Waals surface area contributed by atoms with Crippen LogP contribution in [0.2, 0.25) is 5.02 Å². The second-order valence-corrected chi connectivity index (χ2v) is 5.17. The fourth-order valence-electron chi connectivity index (χ4n) is 1.42. The van der Waals surface area contributed by atoms with Gasteiger partial charge in [0.05, 0.1) is 23.6 Å². The highest BCUT2D eigenvalue weighted by Gasteiger charge is 2.14. The van der Waals surface area contributed by atoms with E-state index >= 15 is 0 Å². The molecule has 7 heteroatoms. The van der Waals surface area contributed by atoms with Crippen LogP contribution >= 0.6 is 23.4 Å². The highest BCUT2D eigenvalue weighted by atomic mass is 35.5. The molecule has 2 aromatic heterocycles. The van der Waals surface area contributed by atoms with E-state index in [4.69, 9.17) is 11.6 Å². The normalized spacial score (nSPS) is 10.3. The minimum atomic E-state index is -0.332. The second-order valence-electron chi connectivity index (χ2n) is 3.83. The van der Waals surface area contributed by atoms with Crippen molar-refractivity contribution in [1.82, 2.24) is 15.0 Å². The Morgan fingerprint density at radius 3 is 2.85 bits per heavy atom. The number of esters is 1. The van der Waals surface area contributed by atoms with Crippen LogP contribution < -0.4 is 0 Å². The van der Waals surface area contributed by atoms with E-state index in [1.807, 2.05) is 18.2 Å². The quantitative estimate of drug-likeness (QED) is 0.491. The molecule has 0 bridgehead atoms. The third kappa shape index (κ3) is 3.46. The highest BCUT2D eigenvalue weighted by Crippen LogP contribution is 2.29. The number of pyridine rings is 1. The van der Waals surface area contributed by atoms with Gasteiger partial charge in [0, 0.05) is 6.20 Å². The summed E-state index contributed by atoms with van der Waals surface area (Å²) in [5.41, 5.74) is 1.31. The molecule has 2 aromatic rings. The van der Waals surface area contributed by atoms with Crippen molar-refractivity contribution in [2.45, 2.75) is 11.9 Å². The summed E-state index contributed by atoms with van der Waals surface area (Å²) in [6, 6.07) is 5.49. The minimum Gasteiger partial charge on any atom is -0.468 e. The van der Waals surface area contributed by atoms with Gasteiger partial charge in [0.1, 0.15) is 10.7 Å². The summed E-state index contributed by atoms with van der Waals surface area (Å²) in [4.78, 5) is 24.1. The van der Waals surface area contributed by atoms with Gasteiger partial charge in [0.15, 0.2) is 5.82 Å². The first-order valence-electron chi connectivity index (χ1n) is 5.77. The SMILES string of the molecule is COC(=O)CSc1nc(-c2ccccn2)nc(C)c1Cl. The molecule has 2 heterocycles. The van der Waals surface area contributed by atoms with E-state index in [0.29, 0.717) is 27.3 Å². The summed E-state index contributed by atoms with van der Waals surface area (Å²) in [5.74, 6) is 0.301. The number of hydrogen-bond acceptors (Lipinski definition) is 6. The van der Waals surface area contributed by atoms with Crippen molar-refractivity contribution in [3.8, 4) is 11.5 Å². The first kappa shape index (κ1) is 14.7. The van der Waals surface area contributed by atoms with Crippen LogP contribution in [0.4, 0.5) is 0 Å². The topological polar surface area (TPSA) is 65.0 Å². The second kappa shape index (κ2) is 6.67. The predicted molar refractivity (Wildman–Crippen MR) is 77.8 cm³/mol. The minimum absolute atomic E-state index is 0.147. The molecular formula is C13H12ClN3O2S. The van der Waals surface area contributed by atoms with Gasteiger partial charge < -0.3 is 4.74 Å². The largest absolute Gasteiger partial charge is 0.468 e. The Labute approximate surface area is 125 Å². The zero-order valence-electron chi connectivity index (χ0n) is 11.0. The van der Waals surface area contributed by atoms with E-state index in [0.717, 1.165) is 0 Å². The van der Waals surface area contributed by atoms with E-state index < -0.39 is 0 Å². The van der Waals surface area contributed by atoms with Gasteiger partial charge in [-0.1, -0.05) is 29.4 Å². The molecule has 0 spiro atoms. The zero-order chi connectivity index (χ0) is 14.5. The number of carbonyl (C=O) groups is 1. The van der Waals surface area contributed by atoms with Crippen LogP contribution in [-0.4, -0.2) is 33.8 Å². The molecule has 0 fully saturated rings. The van der Waals surface area contributed by atoms with Gasteiger partial charge in [0.2, 0.25) is 0 Å². The first-order valence-corrected chi connectivity index (χ1v) is 7.13. The van der Waals surface area contributed by atoms with Crippen LogP contribution in [0.25, 0.3) is 11.5 Å². The number of aromatic nitrogens is 3. The van der Waals surface area contributed by atoms with Crippen molar-refractivity contribution < 1.29 is 9.53 Å². The van der Waals surface area contributed by atoms with E-state index in [1.165, 1.54) is 18.9 Å². The third-order valence-corrected chi connectivity index (χ3v) is 3.95. The van der Waals surface area contributed by atoms with Crippen LogP contribution in [0.15, 0.2) is 29.4 Å². The van der Waals surface area contributed by atoms with E-state index in [1.54, 1.807) is 13.1 Å². The van der Waals surface area contributed by atoms with Gasteiger partial charge in [-0.15, -0.1) is 0 Å². The third-order valence-electron chi connectivity index (χ3n) is 2.43. The number of ether oxygens (including phenoxy) is 1. The fourth-order valence-corrected chi connectivity index (χ4v) is 2.47. The lowest BCUT2D eigenvalue weighted by Crippen LogP contribution is -2.04. The Morgan fingerprint density at radius 1 is 1.40 bits per heavy atom. The van der Waals surface area contributed by atoms with E-state index in [-0.39, 0.29) is 11.7 Å². The maximum atomic E-state index is 11.2. The predicted octanol–water partition coefficient (Wildman–Crippen LogP) is 2.77. The lowest BCUT2D eigenvalue weighted by molar-refractivity contribution is -0.137. The van der Waals surface area contributed by atoms with Gasteiger partial charge in [-0.25, -0.2) is 9.97 Å². The van der Waals surface area contributed by atoms with Crippen molar-refractivity contribution in [3.05, 3.63) is 35.1 Å². The molecule has 0 saturated carbocycles. The molecule has 0 aromatic carbocycles. The van der Waals surface area contributed by atoms with Crippen molar-refractivity contribution in [2.75, 3.05) is 12.9 Å². The van der Waals surface area contributed by atoms with Gasteiger partial charge in [-0.2, -0.15) is 0 Å². The summed E-state index contributed by atoms with van der Waals surface area (Å²) in [5, 5.41) is 0.990. The molecule has 0 aliphatic carbocycles. The monoisotopic (exact) mass is 309 g/mol. The molecule has 0 saturated heterocycles. The summed E-state index contributed by atoms with van der Waals surface area (Å²) in [6.07, 6.45) is 1.67. The van der Waals surface area contributed by atoms with Crippen molar-refractivity contribution in [3.63, 3.8) is 0 Å². The van der Waals surface area contributed by atoms with Gasteiger partial charge in [0.25, 0.3) is 0 Å². The summed E-state index contributed by atoms with van der Waals surface area (Å²) < 4.78 is 4.60. The lowest BCUT2D eigenvalue weighted by atomic mass is 10.3. The Bertz CT molecular complexity index is 623. The zero-order valence-corrected chi connectivity index (χ0v) is 12.5. The average Bonchev–Trinajstić information content (AvgIpc) is 2.49. The summed E-state index contributed by atoms with van der Waals surface area (Å²) in [7, 11) is 1.34. The van der Waals surface area contributed by atoms with Gasteiger partial charge >= 0.3 is 5.97 Å². The van der Waals surface area contributed by atoms with Crippen molar-refractivity contribution >= 4 is 29.3 Å². The van der Waals surface area contributed by atoms with Crippen LogP contribution in [0.3, 0.4) is 0 Å². The van der Waals surface area contributed by atoms with Crippen molar-refractivity contribution in [1.29, 1.82) is 0 Å². The molecule has 0 unspecified atom stereocenters. The smallest absolute Gasteiger partial charge is 0.316 e. The molecule has 5 nitrogen and oxygen atoms in total. The van der Waals surface area contributed by atoms with E-state index in [2.05, 4.69) is 19.7 Å². The molecule has 0 atom stereocenters. The number of halogens is 1. The Hall–Kier alpha value is -1.66. The maximum absolute atomic E-state index is 11.2. The average molecular weight is 310 g/mol. The van der Waals surface area contributed by atoms with Gasteiger partial charge in [-0.3, -0.25) is 9.78 Å². The fraction of sp³-hybridized carbons (Fsp3) is 0.231. The Balaban J connectivity index is 2.32. The number of thioether (sulfide) groups is 1. The molecular weight excluding hydrogens is 298 g/mol. The molecule has 0 aliphatic rings. The number of rotatable bonds is 4. The summed E-state index contributed by atoms with van der Waals surface area (Å²) in [6.45, 7) is 1.79. The number of nitrogens with zero attached hydrogens (tertiary/aromatic N) is 3. The van der Waals surface area contributed by atoms with E-state index in [9.17, 15) is 4.79 Å². The van der Waals surface area contributed by atoms with Crippen LogP contribution in [0, 0.1) is 6.92 Å². The first-order chi connectivity index (χ1) is 9.61. The Morgan fingerprint density at radius 2 is 2.20 bits per heavy atom. The number of hydrogen-bond donors (Lipinski definition) is 0. The van der Waals surface area contributed by atoms with Crippen molar-refractivity contribution in [2.24, 2.45) is 0 Å². The molecule has 0 amide bonds. The molecule has 0 aliphatic heterocycles. The summed E-state index contributed by atoms with van der Waals surface area (Å²) >= 11 is 7.38. The molecule has 20 heavy (non-hydrogen) atoms. The van der Waals surface area contributed by atoms with Crippen LogP contribution in [0.1, 0.15) is 5.69 Å². The van der Waals surface area contributed by atoms with Gasteiger partial charge in [-0.05, 0) is 19.1 Å². The number of carbonyl (C=O) groups excluding carboxylic acids is 1. The molecule has 104 valence electrons. The molecule has 0 N–H and O–H groups in total. The number of aryl methyl sites for hydroxylation is 1.